The molecule has 0 radical (unpaired) electrons. The molecule has 0 saturated carbocycles. The molecule has 0 saturated heterocycles. The van der Waals surface area contributed by atoms with Crippen molar-refractivity contribution >= 4 is 11.6 Å². The van der Waals surface area contributed by atoms with Gasteiger partial charge in [0.1, 0.15) is 0 Å². The molecule has 0 spiro atoms. The van der Waals surface area contributed by atoms with Crippen LogP contribution < -0.4 is 5.32 Å². The Bertz CT molecular complexity index is 640. The SMILES string of the molecule is CCc1nn(C)c(CC(NC)c2cccc(F)c2F)c1Cl. The molecule has 0 amide bonds. The van der Waals surface area contributed by atoms with Crippen molar-refractivity contribution < 1.29 is 8.78 Å². The first-order valence-electron chi connectivity index (χ1n) is 6.81. The third-order valence-electron chi connectivity index (χ3n) is 3.61. The van der Waals surface area contributed by atoms with Crippen LogP contribution in [0.5, 0.6) is 0 Å². The third kappa shape index (κ3) is 3.09. The maximum Gasteiger partial charge on any atom is 0.163 e. The van der Waals surface area contributed by atoms with E-state index in [9.17, 15) is 8.78 Å². The Morgan fingerprint density at radius 3 is 2.67 bits per heavy atom. The number of nitrogens with zero attached hydrogens (tertiary/aromatic N) is 2. The lowest BCUT2D eigenvalue weighted by Crippen LogP contribution is -2.22. The van der Waals surface area contributed by atoms with Crippen molar-refractivity contribution in [3.8, 4) is 0 Å². The molecule has 0 aliphatic rings. The van der Waals surface area contributed by atoms with Crippen LogP contribution in [-0.4, -0.2) is 16.8 Å². The molecular weight excluding hydrogens is 296 g/mol. The first-order valence-corrected chi connectivity index (χ1v) is 7.18. The quantitative estimate of drug-likeness (QED) is 0.916. The fraction of sp³-hybridized carbons (Fsp3) is 0.400. The summed E-state index contributed by atoms with van der Waals surface area (Å²) in [6.45, 7) is 1.97. The van der Waals surface area contributed by atoms with Gasteiger partial charge < -0.3 is 5.32 Å². The first-order chi connectivity index (χ1) is 9.99. The van der Waals surface area contributed by atoms with Crippen LogP contribution in [0.3, 0.4) is 0 Å². The maximum absolute atomic E-state index is 13.9. The molecule has 0 aliphatic heterocycles. The summed E-state index contributed by atoms with van der Waals surface area (Å²) in [4.78, 5) is 0. The molecule has 6 heteroatoms. The van der Waals surface area contributed by atoms with Gasteiger partial charge in [0.15, 0.2) is 11.6 Å². The highest BCUT2D eigenvalue weighted by atomic mass is 35.5. The largest absolute Gasteiger partial charge is 0.313 e. The molecular formula is C15H18ClF2N3. The Morgan fingerprint density at radius 2 is 2.10 bits per heavy atom. The van der Waals surface area contributed by atoms with Gasteiger partial charge in [-0.05, 0) is 19.5 Å². The molecule has 3 nitrogen and oxygen atoms in total. The molecule has 2 rings (SSSR count). The Kier molecular flexibility index (Phi) is 4.96. The van der Waals surface area contributed by atoms with Crippen LogP contribution in [0.25, 0.3) is 0 Å². The van der Waals surface area contributed by atoms with Crippen LogP contribution in [0.2, 0.25) is 5.02 Å². The van der Waals surface area contributed by atoms with Gasteiger partial charge in [0, 0.05) is 25.1 Å². The zero-order valence-corrected chi connectivity index (χ0v) is 13.0. The average molecular weight is 314 g/mol. The van der Waals surface area contributed by atoms with E-state index in [1.807, 2.05) is 6.92 Å². The lowest BCUT2D eigenvalue weighted by atomic mass is 10.0. The van der Waals surface area contributed by atoms with Crippen LogP contribution in [0, 0.1) is 11.6 Å². The number of hydrogen-bond donors (Lipinski definition) is 1. The number of rotatable bonds is 5. The Labute approximate surface area is 127 Å². The normalized spacial score (nSPS) is 12.7. The number of aryl methyl sites for hydroxylation is 2. The zero-order valence-electron chi connectivity index (χ0n) is 12.3. The first kappa shape index (κ1) is 15.9. The fourth-order valence-corrected chi connectivity index (χ4v) is 2.76. The van der Waals surface area contributed by atoms with E-state index in [2.05, 4.69) is 10.4 Å². The van der Waals surface area contributed by atoms with E-state index < -0.39 is 11.6 Å². The monoisotopic (exact) mass is 313 g/mol. The summed E-state index contributed by atoms with van der Waals surface area (Å²) in [5.41, 5.74) is 1.90. The molecule has 1 N–H and O–H groups in total. The Morgan fingerprint density at radius 1 is 1.38 bits per heavy atom. The summed E-state index contributed by atoms with van der Waals surface area (Å²) >= 11 is 6.31. The number of nitrogens with one attached hydrogen (secondary N) is 1. The summed E-state index contributed by atoms with van der Waals surface area (Å²) in [5, 5.41) is 7.94. The van der Waals surface area contributed by atoms with Gasteiger partial charge in [-0.15, -0.1) is 0 Å². The molecule has 0 bridgehead atoms. The molecule has 0 aliphatic carbocycles. The van der Waals surface area contributed by atoms with Gasteiger partial charge in [0.2, 0.25) is 0 Å². The van der Waals surface area contributed by atoms with E-state index in [1.165, 1.54) is 6.07 Å². The topological polar surface area (TPSA) is 29.9 Å². The van der Waals surface area contributed by atoms with E-state index in [1.54, 1.807) is 24.8 Å². The molecule has 114 valence electrons. The van der Waals surface area contributed by atoms with Crippen LogP contribution in [0.4, 0.5) is 8.78 Å². The van der Waals surface area contributed by atoms with Crippen LogP contribution >= 0.6 is 11.6 Å². The predicted octanol–water partition coefficient (Wildman–Crippen LogP) is 3.42. The second-order valence-electron chi connectivity index (χ2n) is 4.87. The van der Waals surface area contributed by atoms with Crippen LogP contribution in [0.1, 0.15) is 29.9 Å². The van der Waals surface area contributed by atoms with E-state index in [4.69, 9.17) is 11.6 Å². The lowest BCUT2D eigenvalue weighted by molar-refractivity contribution is 0.469. The van der Waals surface area contributed by atoms with E-state index in [0.29, 0.717) is 11.4 Å². The molecule has 1 aromatic heterocycles. The van der Waals surface area contributed by atoms with Gasteiger partial charge in [0.25, 0.3) is 0 Å². The second kappa shape index (κ2) is 6.54. The van der Waals surface area contributed by atoms with Gasteiger partial charge in [-0.25, -0.2) is 8.78 Å². The van der Waals surface area contributed by atoms with Gasteiger partial charge >= 0.3 is 0 Å². The van der Waals surface area contributed by atoms with E-state index >= 15 is 0 Å². The van der Waals surface area contributed by atoms with Gasteiger partial charge in [0.05, 0.1) is 16.4 Å². The minimum Gasteiger partial charge on any atom is -0.313 e. The summed E-state index contributed by atoms with van der Waals surface area (Å²) < 4.78 is 29.0. The minimum absolute atomic E-state index is 0.285. The second-order valence-corrected chi connectivity index (χ2v) is 5.25. The summed E-state index contributed by atoms with van der Waals surface area (Å²) in [6, 6.07) is 3.81. The van der Waals surface area contributed by atoms with E-state index in [0.717, 1.165) is 23.9 Å². The molecule has 1 heterocycles. The summed E-state index contributed by atoms with van der Waals surface area (Å²) in [7, 11) is 3.51. The Hall–Kier alpha value is -1.46. The number of likely N-dealkylation sites (N-methyl/N-ethyl adjacent to an activating group) is 1. The van der Waals surface area contributed by atoms with Crippen molar-refractivity contribution in [2.24, 2.45) is 7.05 Å². The van der Waals surface area contributed by atoms with Crippen molar-refractivity contribution in [3.63, 3.8) is 0 Å². The highest BCUT2D eigenvalue weighted by Crippen LogP contribution is 2.27. The number of benzene rings is 1. The molecule has 21 heavy (non-hydrogen) atoms. The predicted molar refractivity (Wildman–Crippen MR) is 79.5 cm³/mol. The molecule has 1 atom stereocenters. The average Bonchev–Trinajstić information content (AvgIpc) is 2.74. The smallest absolute Gasteiger partial charge is 0.163 e. The molecule has 1 aromatic carbocycles. The van der Waals surface area contributed by atoms with Crippen LogP contribution in [0.15, 0.2) is 18.2 Å². The van der Waals surface area contributed by atoms with Crippen molar-refractivity contribution in [1.82, 2.24) is 15.1 Å². The Balaban J connectivity index is 2.36. The zero-order chi connectivity index (χ0) is 15.6. The van der Waals surface area contributed by atoms with E-state index in [-0.39, 0.29) is 11.6 Å². The van der Waals surface area contributed by atoms with Crippen molar-refractivity contribution in [2.75, 3.05) is 7.05 Å². The maximum atomic E-state index is 13.9. The lowest BCUT2D eigenvalue weighted by Gasteiger charge is -2.18. The highest BCUT2D eigenvalue weighted by Gasteiger charge is 2.21. The fourth-order valence-electron chi connectivity index (χ4n) is 2.39. The van der Waals surface area contributed by atoms with Crippen molar-refractivity contribution in [1.29, 1.82) is 0 Å². The highest BCUT2D eigenvalue weighted by molar-refractivity contribution is 6.31. The number of halogens is 3. The van der Waals surface area contributed by atoms with Crippen molar-refractivity contribution in [2.45, 2.75) is 25.8 Å². The number of aromatic nitrogens is 2. The van der Waals surface area contributed by atoms with Crippen molar-refractivity contribution in [3.05, 3.63) is 51.8 Å². The summed E-state index contributed by atoms with van der Waals surface area (Å²) in [5.74, 6) is -1.68. The molecule has 0 fully saturated rings. The molecule has 1 unspecified atom stereocenters. The van der Waals surface area contributed by atoms with Gasteiger partial charge in [-0.3, -0.25) is 4.68 Å². The third-order valence-corrected chi connectivity index (χ3v) is 4.04. The van der Waals surface area contributed by atoms with Gasteiger partial charge in [-0.1, -0.05) is 30.7 Å². The minimum atomic E-state index is -0.849. The standard InChI is InChI=1S/C15H18ClF2N3/c1-4-11-14(16)13(21(3)20-11)8-12(19-2)9-6-5-7-10(17)15(9)18/h5-7,12,19H,4,8H2,1-3H3. The summed E-state index contributed by atoms with van der Waals surface area (Å²) in [6.07, 6.45) is 1.16. The van der Waals surface area contributed by atoms with Gasteiger partial charge in [-0.2, -0.15) is 5.10 Å². The molecule has 2 aromatic rings. The number of hydrogen-bond acceptors (Lipinski definition) is 2. The van der Waals surface area contributed by atoms with Crippen LogP contribution in [-0.2, 0) is 19.9 Å².